The van der Waals surface area contributed by atoms with Crippen LogP contribution in [0.3, 0.4) is 0 Å². The quantitative estimate of drug-likeness (QED) is 0.877. The van der Waals surface area contributed by atoms with Gasteiger partial charge in [-0.2, -0.15) is 24.9 Å². The maximum atomic E-state index is 12.6. The molecular formula is C12H12F3NO3S. The Bertz CT molecular complexity index is 517. The van der Waals surface area contributed by atoms with Crippen LogP contribution in [0.4, 0.5) is 18.9 Å². The number of aromatic carboxylic acids is 1. The van der Waals surface area contributed by atoms with Crippen molar-refractivity contribution in [3.8, 4) is 0 Å². The highest BCUT2D eigenvalue weighted by molar-refractivity contribution is 7.98. The van der Waals surface area contributed by atoms with Crippen LogP contribution in [0.1, 0.15) is 22.3 Å². The lowest BCUT2D eigenvalue weighted by atomic mass is 10.1. The summed E-state index contributed by atoms with van der Waals surface area (Å²) >= 11 is 1.40. The molecule has 2 N–H and O–H groups in total. The molecule has 0 aliphatic carbocycles. The van der Waals surface area contributed by atoms with Gasteiger partial charge in [0.2, 0.25) is 5.91 Å². The maximum Gasteiger partial charge on any atom is 0.416 e. The van der Waals surface area contributed by atoms with Gasteiger partial charge in [-0.15, -0.1) is 0 Å². The number of carboxylic acid groups (broad SMARTS) is 1. The summed E-state index contributed by atoms with van der Waals surface area (Å²) in [5.41, 5.74) is -1.74. The largest absolute Gasteiger partial charge is 0.478 e. The van der Waals surface area contributed by atoms with Gasteiger partial charge in [-0.25, -0.2) is 4.79 Å². The highest BCUT2D eigenvalue weighted by Gasteiger charge is 2.31. The lowest BCUT2D eigenvalue weighted by molar-refractivity contribution is -0.137. The lowest BCUT2D eigenvalue weighted by Crippen LogP contribution is -2.16. The molecule has 0 atom stereocenters. The Hall–Kier alpha value is -1.70. The van der Waals surface area contributed by atoms with Crippen molar-refractivity contribution < 1.29 is 27.9 Å². The average Bonchev–Trinajstić information content (AvgIpc) is 2.34. The first kappa shape index (κ1) is 16.4. The zero-order valence-electron chi connectivity index (χ0n) is 10.5. The third-order valence-corrected chi connectivity index (χ3v) is 3.00. The molecule has 0 spiro atoms. The van der Waals surface area contributed by atoms with Crippen LogP contribution in [0.25, 0.3) is 0 Å². The number of nitrogens with one attached hydrogen (secondary N) is 1. The molecule has 0 radical (unpaired) electrons. The zero-order chi connectivity index (χ0) is 15.3. The number of carbonyl (C=O) groups is 2. The fourth-order valence-corrected chi connectivity index (χ4v) is 1.81. The van der Waals surface area contributed by atoms with Crippen LogP contribution in [0, 0.1) is 0 Å². The molecule has 0 aromatic heterocycles. The van der Waals surface area contributed by atoms with E-state index in [0.29, 0.717) is 17.9 Å². The van der Waals surface area contributed by atoms with E-state index >= 15 is 0 Å². The van der Waals surface area contributed by atoms with Crippen LogP contribution in [-0.2, 0) is 11.0 Å². The summed E-state index contributed by atoms with van der Waals surface area (Å²) in [6.45, 7) is 0. The summed E-state index contributed by atoms with van der Waals surface area (Å²) in [6.07, 6.45) is -2.73. The molecule has 0 bridgehead atoms. The standard InChI is InChI=1S/C12H12F3NO3S/c1-20-5-4-10(17)16-9-6-7(12(13,14)15)2-3-8(9)11(18)19/h2-3,6H,4-5H2,1H3,(H,16,17)(H,18,19). The molecule has 110 valence electrons. The maximum absolute atomic E-state index is 12.6. The van der Waals surface area contributed by atoms with Crippen molar-refractivity contribution in [1.82, 2.24) is 0 Å². The lowest BCUT2D eigenvalue weighted by Gasteiger charge is -2.12. The first-order chi connectivity index (χ1) is 9.25. The van der Waals surface area contributed by atoms with Crippen LogP contribution >= 0.6 is 11.8 Å². The number of thioether (sulfide) groups is 1. The Morgan fingerprint density at radius 3 is 2.50 bits per heavy atom. The molecule has 1 aromatic rings. The number of hydrogen-bond acceptors (Lipinski definition) is 3. The van der Waals surface area contributed by atoms with E-state index in [-0.39, 0.29) is 17.7 Å². The summed E-state index contributed by atoms with van der Waals surface area (Å²) in [5, 5.41) is 11.1. The molecule has 0 saturated heterocycles. The van der Waals surface area contributed by atoms with Crippen LogP contribution in [0.5, 0.6) is 0 Å². The number of carbonyl (C=O) groups excluding carboxylic acids is 1. The van der Waals surface area contributed by atoms with Gasteiger partial charge in [-0.05, 0) is 24.5 Å². The van der Waals surface area contributed by atoms with Crippen molar-refractivity contribution in [3.63, 3.8) is 0 Å². The van der Waals surface area contributed by atoms with Gasteiger partial charge in [-0.1, -0.05) is 0 Å². The first-order valence-electron chi connectivity index (χ1n) is 5.49. The molecule has 1 rings (SSSR count). The van der Waals surface area contributed by atoms with Crippen molar-refractivity contribution in [2.24, 2.45) is 0 Å². The van der Waals surface area contributed by atoms with Gasteiger partial charge in [-0.3, -0.25) is 4.79 Å². The number of alkyl halides is 3. The molecule has 0 aliphatic rings. The predicted octanol–water partition coefficient (Wildman–Crippen LogP) is 3.10. The molecule has 8 heteroatoms. The van der Waals surface area contributed by atoms with Crippen LogP contribution in [0.2, 0.25) is 0 Å². The van der Waals surface area contributed by atoms with Crippen molar-refractivity contribution in [1.29, 1.82) is 0 Å². The topological polar surface area (TPSA) is 66.4 Å². The van der Waals surface area contributed by atoms with E-state index in [1.807, 2.05) is 0 Å². The number of benzene rings is 1. The molecule has 20 heavy (non-hydrogen) atoms. The SMILES string of the molecule is CSCCC(=O)Nc1cc(C(F)(F)F)ccc1C(=O)O. The zero-order valence-corrected chi connectivity index (χ0v) is 11.3. The van der Waals surface area contributed by atoms with E-state index in [1.165, 1.54) is 11.8 Å². The van der Waals surface area contributed by atoms with Gasteiger partial charge < -0.3 is 10.4 Å². The van der Waals surface area contributed by atoms with Gasteiger partial charge >= 0.3 is 12.1 Å². The molecule has 1 aromatic carbocycles. The number of anilines is 1. The van der Waals surface area contributed by atoms with E-state index in [0.717, 1.165) is 6.07 Å². The fraction of sp³-hybridized carbons (Fsp3) is 0.333. The van der Waals surface area contributed by atoms with E-state index in [2.05, 4.69) is 5.32 Å². The monoisotopic (exact) mass is 307 g/mol. The summed E-state index contributed by atoms with van der Waals surface area (Å²) in [6, 6.07) is 2.12. The summed E-state index contributed by atoms with van der Waals surface area (Å²) in [7, 11) is 0. The van der Waals surface area contributed by atoms with E-state index in [4.69, 9.17) is 5.11 Å². The van der Waals surface area contributed by atoms with Crippen molar-refractivity contribution in [2.45, 2.75) is 12.6 Å². The second-order valence-electron chi connectivity index (χ2n) is 3.85. The second-order valence-corrected chi connectivity index (χ2v) is 4.84. The van der Waals surface area contributed by atoms with Gasteiger partial charge in [0.1, 0.15) is 0 Å². The minimum atomic E-state index is -4.60. The predicted molar refractivity (Wildman–Crippen MR) is 70.0 cm³/mol. The highest BCUT2D eigenvalue weighted by atomic mass is 32.2. The number of amides is 1. The summed E-state index contributed by atoms with van der Waals surface area (Å²) < 4.78 is 37.7. The van der Waals surface area contributed by atoms with Crippen LogP contribution in [-0.4, -0.2) is 29.0 Å². The smallest absolute Gasteiger partial charge is 0.416 e. The van der Waals surface area contributed by atoms with E-state index in [1.54, 1.807) is 6.26 Å². The second kappa shape index (κ2) is 6.65. The Kier molecular flexibility index (Phi) is 5.43. The number of carboxylic acids is 1. The molecule has 0 saturated carbocycles. The Labute approximate surface area is 117 Å². The number of hydrogen-bond donors (Lipinski definition) is 2. The third kappa shape index (κ3) is 4.44. The van der Waals surface area contributed by atoms with Crippen molar-refractivity contribution in [3.05, 3.63) is 29.3 Å². The van der Waals surface area contributed by atoms with Gasteiger partial charge in [0.05, 0.1) is 16.8 Å². The van der Waals surface area contributed by atoms with Crippen LogP contribution < -0.4 is 5.32 Å². The molecule has 1 amide bonds. The van der Waals surface area contributed by atoms with Crippen molar-refractivity contribution in [2.75, 3.05) is 17.3 Å². The Morgan fingerprint density at radius 1 is 1.35 bits per heavy atom. The van der Waals surface area contributed by atoms with Gasteiger partial charge in [0.15, 0.2) is 0 Å². The van der Waals surface area contributed by atoms with Crippen LogP contribution in [0.15, 0.2) is 18.2 Å². The Morgan fingerprint density at radius 2 is 2.00 bits per heavy atom. The van der Waals surface area contributed by atoms with E-state index in [9.17, 15) is 22.8 Å². The molecule has 0 unspecified atom stereocenters. The molecule has 0 heterocycles. The Balaban J connectivity index is 3.06. The van der Waals surface area contributed by atoms with E-state index < -0.39 is 23.6 Å². The van der Waals surface area contributed by atoms with Crippen molar-refractivity contribution >= 4 is 29.3 Å². The summed E-state index contributed by atoms with van der Waals surface area (Å²) in [5.74, 6) is -1.44. The molecule has 4 nitrogen and oxygen atoms in total. The first-order valence-corrected chi connectivity index (χ1v) is 6.88. The van der Waals surface area contributed by atoms with Gasteiger partial charge in [0.25, 0.3) is 0 Å². The third-order valence-electron chi connectivity index (χ3n) is 2.38. The average molecular weight is 307 g/mol. The minimum absolute atomic E-state index is 0.0937. The molecular weight excluding hydrogens is 295 g/mol. The molecule has 0 fully saturated rings. The number of rotatable bonds is 5. The van der Waals surface area contributed by atoms with Gasteiger partial charge in [0, 0.05) is 12.2 Å². The molecule has 0 aliphatic heterocycles. The number of halogens is 3. The highest BCUT2D eigenvalue weighted by Crippen LogP contribution is 2.32. The fourth-order valence-electron chi connectivity index (χ4n) is 1.42. The normalized spacial score (nSPS) is 11.2. The summed E-state index contributed by atoms with van der Waals surface area (Å²) in [4.78, 5) is 22.5. The minimum Gasteiger partial charge on any atom is -0.478 e.